The van der Waals surface area contributed by atoms with Gasteiger partial charge >= 0.3 is 0 Å². The minimum atomic E-state index is -0.225. The number of rotatable bonds is 8. The van der Waals surface area contributed by atoms with Crippen LogP contribution in [0.25, 0.3) is 4.96 Å². The van der Waals surface area contributed by atoms with Crippen molar-refractivity contribution < 1.29 is 9.53 Å². The largest absolute Gasteiger partial charge is 0.487 e. The van der Waals surface area contributed by atoms with Gasteiger partial charge in [-0.1, -0.05) is 61.6 Å². The van der Waals surface area contributed by atoms with Gasteiger partial charge in [0.05, 0.1) is 11.6 Å². The molecule has 7 nitrogen and oxygen atoms in total. The number of hydrogen-bond donors (Lipinski definition) is 1. The summed E-state index contributed by atoms with van der Waals surface area (Å²) in [5.41, 5.74) is 1.95. The molecule has 2 aromatic heterocycles. The summed E-state index contributed by atoms with van der Waals surface area (Å²) >= 11 is 1.40. The second-order valence-electron chi connectivity index (χ2n) is 7.31. The van der Waals surface area contributed by atoms with E-state index in [4.69, 9.17) is 4.74 Å². The van der Waals surface area contributed by atoms with Gasteiger partial charge in [-0.05, 0) is 30.5 Å². The van der Waals surface area contributed by atoms with E-state index in [0.717, 1.165) is 17.0 Å². The zero-order chi connectivity index (χ0) is 22.5. The quantitative estimate of drug-likeness (QED) is 0.431. The van der Waals surface area contributed by atoms with Gasteiger partial charge in [-0.15, -0.1) is 0 Å². The number of hydrogen-bond acceptors (Lipinski definition) is 6. The molecular formula is C24H24N4O3S. The molecule has 2 aromatic carbocycles. The molecule has 0 aliphatic rings. The number of fused-ring (bicyclic) bond motifs is 1. The average Bonchev–Trinajstić information content (AvgIpc) is 3.23. The molecule has 164 valence electrons. The SMILES string of the molecule is CCc1nn2c(=O)cc(COc3cccc(NC(=O)[C@H](CC)c4ccccc4)c3)nc2s1. The van der Waals surface area contributed by atoms with Crippen molar-refractivity contribution in [1.82, 2.24) is 14.6 Å². The number of carbonyl (C=O) groups is 1. The fourth-order valence-corrected chi connectivity index (χ4v) is 4.28. The zero-order valence-corrected chi connectivity index (χ0v) is 18.8. The van der Waals surface area contributed by atoms with E-state index in [1.165, 1.54) is 21.9 Å². The average molecular weight is 449 g/mol. The van der Waals surface area contributed by atoms with Gasteiger partial charge in [0.2, 0.25) is 10.9 Å². The smallest absolute Gasteiger partial charge is 0.275 e. The Morgan fingerprint density at radius 3 is 2.69 bits per heavy atom. The Hall–Kier alpha value is -3.52. The summed E-state index contributed by atoms with van der Waals surface area (Å²) in [5.74, 6) is 0.293. The predicted octanol–water partition coefficient (Wildman–Crippen LogP) is 4.42. The highest BCUT2D eigenvalue weighted by Crippen LogP contribution is 2.24. The molecule has 0 fully saturated rings. The van der Waals surface area contributed by atoms with Crippen molar-refractivity contribution in [2.24, 2.45) is 0 Å². The van der Waals surface area contributed by atoms with Crippen LogP contribution < -0.4 is 15.6 Å². The lowest BCUT2D eigenvalue weighted by atomic mass is 9.95. The van der Waals surface area contributed by atoms with Crippen LogP contribution in [0.5, 0.6) is 5.75 Å². The number of carbonyl (C=O) groups excluding carboxylic acids is 1. The van der Waals surface area contributed by atoms with E-state index in [1.807, 2.05) is 56.3 Å². The van der Waals surface area contributed by atoms with E-state index in [-0.39, 0.29) is 24.0 Å². The van der Waals surface area contributed by atoms with Crippen LogP contribution in [0.1, 0.15) is 42.5 Å². The maximum absolute atomic E-state index is 12.8. The second kappa shape index (κ2) is 9.74. The fourth-order valence-electron chi connectivity index (χ4n) is 3.42. The summed E-state index contributed by atoms with van der Waals surface area (Å²) in [6.45, 7) is 4.13. The van der Waals surface area contributed by atoms with E-state index < -0.39 is 0 Å². The number of ether oxygens (including phenoxy) is 1. The van der Waals surface area contributed by atoms with Gasteiger partial charge < -0.3 is 10.1 Å². The molecule has 8 heteroatoms. The van der Waals surface area contributed by atoms with Gasteiger partial charge in [0.1, 0.15) is 17.4 Å². The molecule has 0 saturated heterocycles. The molecular weight excluding hydrogens is 424 g/mol. The van der Waals surface area contributed by atoms with Gasteiger partial charge in [-0.25, -0.2) is 4.98 Å². The number of nitrogens with one attached hydrogen (secondary N) is 1. The standard InChI is InChI=1S/C24H24N4O3S/c1-3-20(16-9-6-5-7-10-16)23(30)25-17-11-8-12-19(13-17)31-15-18-14-22(29)28-24(26-18)32-21(4-2)27-28/h5-14,20H,3-4,15H2,1-2H3,(H,25,30)/t20-/m1/s1. The highest BCUT2D eigenvalue weighted by Gasteiger charge is 2.18. The third-order valence-corrected chi connectivity index (χ3v) is 6.11. The number of aromatic nitrogens is 3. The zero-order valence-electron chi connectivity index (χ0n) is 17.9. The van der Waals surface area contributed by atoms with E-state index >= 15 is 0 Å². The molecule has 0 bridgehead atoms. The molecule has 1 atom stereocenters. The van der Waals surface area contributed by atoms with Crippen molar-refractivity contribution in [2.45, 2.75) is 39.2 Å². The summed E-state index contributed by atoms with van der Waals surface area (Å²) in [7, 11) is 0. The first-order chi connectivity index (χ1) is 15.6. The Bertz CT molecular complexity index is 1280. The van der Waals surface area contributed by atoms with Gasteiger partial charge in [0.25, 0.3) is 5.56 Å². The molecule has 0 saturated carbocycles. The van der Waals surface area contributed by atoms with Crippen LogP contribution in [0.2, 0.25) is 0 Å². The predicted molar refractivity (Wildman–Crippen MR) is 125 cm³/mol. The van der Waals surface area contributed by atoms with E-state index in [2.05, 4.69) is 15.4 Å². The number of benzene rings is 2. The summed E-state index contributed by atoms with van der Waals surface area (Å²) in [4.78, 5) is 30.1. The van der Waals surface area contributed by atoms with Crippen LogP contribution in [0.3, 0.4) is 0 Å². The second-order valence-corrected chi connectivity index (χ2v) is 8.35. The van der Waals surface area contributed by atoms with Crippen LogP contribution in [-0.2, 0) is 17.8 Å². The van der Waals surface area contributed by atoms with E-state index in [1.54, 1.807) is 12.1 Å². The first kappa shape index (κ1) is 21.7. The van der Waals surface area contributed by atoms with E-state index in [0.29, 0.717) is 28.5 Å². The van der Waals surface area contributed by atoms with Crippen LogP contribution in [0.15, 0.2) is 65.5 Å². The maximum Gasteiger partial charge on any atom is 0.275 e. The van der Waals surface area contributed by atoms with E-state index in [9.17, 15) is 9.59 Å². The third-order valence-electron chi connectivity index (χ3n) is 5.06. The molecule has 0 aliphatic heterocycles. The number of anilines is 1. The minimum absolute atomic E-state index is 0.0621. The molecule has 2 heterocycles. The van der Waals surface area contributed by atoms with Crippen molar-refractivity contribution in [3.05, 3.63) is 87.3 Å². The van der Waals surface area contributed by atoms with Gasteiger partial charge in [0.15, 0.2) is 0 Å². The Morgan fingerprint density at radius 1 is 1.12 bits per heavy atom. The Balaban J connectivity index is 1.45. The Morgan fingerprint density at radius 2 is 1.94 bits per heavy atom. The van der Waals surface area contributed by atoms with Crippen LogP contribution in [-0.4, -0.2) is 20.5 Å². The van der Waals surface area contributed by atoms with Crippen LogP contribution >= 0.6 is 11.3 Å². The molecule has 1 amide bonds. The molecule has 1 N–H and O–H groups in total. The molecule has 0 unspecified atom stereocenters. The highest BCUT2D eigenvalue weighted by molar-refractivity contribution is 7.16. The summed E-state index contributed by atoms with van der Waals surface area (Å²) in [6.07, 6.45) is 1.45. The molecule has 4 rings (SSSR count). The fraction of sp³-hybridized carbons (Fsp3) is 0.250. The summed E-state index contributed by atoms with van der Waals surface area (Å²) in [6, 6.07) is 18.4. The van der Waals surface area contributed by atoms with Crippen molar-refractivity contribution in [1.29, 1.82) is 0 Å². The molecule has 0 radical (unpaired) electrons. The third kappa shape index (κ3) is 4.86. The first-order valence-electron chi connectivity index (χ1n) is 10.5. The lowest BCUT2D eigenvalue weighted by Crippen LogP contribution is -2.20. The minimum Gasteiger partial charge on any atom is -0.487 e. The van der Waals surface area contributed by atoms with Gasteiger partial charge in [-0.2, -0.15) is 9.61 Å². The lowest BCUT2D eigenvalue weighted by molar-refractivity contribution is -0.117. The van der Waals surface area contributed by atoms with Crippen LogP contribution in [0.4, 0.5) is 5.69 Å². The lowest BCUT2D eigenvalue weighted by Gasteiger charge is -2.16. The molecule has 32 heavy (non-hydrogen) atoms. The highest BCUT2D eigenvalue weighted by atomic mass is 32.1. The van der Waals surface area contributed by atoms with Crippen molar-refractivity contribution in [2.75, 3.05) is 5.32 Å². The van der Waals surface area contributed by atoms with Gasteiger partial charge in [-0.3, -0.25) is 9.59 Å². The maximum atomic E-state index is 12.8. The number of aryl methyl sites for hydroxylation is 1. The monoisotopic (exact) mass is 448 g/mol. The van der Waals surface area contributed by atoms with Gasteiger partial charge in [0, 0.05) is 17.8 Å². The molecule has 0 aliphatic carbocycles. The topological polar surface area (TPSA) is 85.6 Å². The van der Waals surface area contributed by atoms with Crippen molar-refractivity contribution in [3.63, 3.8) is 0 Å². The first-order valence-corrected chi connectivity index (χ1v) is 11.4. The van der Waals surface area contributed by atoms with Crippen molar-refractivity contribution in [3.8, 4) is 5.75 Å². The Kier molecular flexibility index (Phi) is 6.61. The number of nitrogens with zero attached hydrogens (tertiary/aromatic N) is 3. The van der Waals surface area contributed by atoms with Crippen molar-refractivity contribution >= 4 is 27.9 Å². The van der Waals surface area contributed by atoms with Crippen LogP contribution in [0, 0.1) is 0 Å². The summed E-state index contributed by atoms with van der Waals surface area (Å²) < 4.78 is 7.16. The number of amides is 1. The normalized spacial score (nSPS) is 11.9. The molecule has 4 aromatic rings. The molecule has 0 spiro atoms. The summed E-state index contributed by atoms with van der Waals surface area (Å²) in [5, 5.41) is 8.09. The Labute approximate surface area is 189 Å².